The Morgan fingerprint density at radius 1 is 0.969 bits per heavy atom. The fourth-order valence-corrected chi connectivity index (χ4v) is 5.47. The van der Waals surface area contributed by atoms with E-state index in [4.69, 9.17) is 9.47 Å². The van der Waals surface area contributed by atoms with Gasteiger partial charge in [-0.15, -0.1) is 0 Å². The zero-order valence-corrected chi connectivity index (χ0v) is 19.6. The zero-order chi connectivity index (χ0) is 22.9. The number of benzene rings is 2. The van der Waals surface area contributed by atoms with E-state index in [9.17, 15) is 13.2 Å². The summed E-state index contributed by atoms with van der Waals surface area (Å²) in [7, 11) is -3.57. The standard InChI is InChI=1S/C24H30N2O5S/c1-24(2,3)18-4-7-20(8-5-18)32(28,29)26-12-10-17(11-13-26)23(27)25-19-6-9-21-22(16-19)31-15-14-30-21/h4-9,16-17H,10-15H2,1-3H3,(H,25,27). The largest absolute Gasteiger partial charge is 0.486 e. The summed E-state index contributed by atoms with van der Waals surface area (Å²) in [4.78, 5) is 13.0. The number of sulfonamides is 1. The molecule has 2 aromatic rings. The van der Waals surface area contributed by atoms with E-state index in [-0.39, 0.29) is 17.2 Å². The summed E-state index contributed by atoms with van der Waals surface area (Å²) in [5.41, 5.74) is 1.70. The van der Waals surface area contributed by atoms with Crippen LogP contribution in [0.5, 0.6) is 11.5 Å². The Labute approximate surface area is 189 Å². The second kappa shape index (κ2) is 8.75. The van der Waals surface area contributed by atoms with Crippen LogP contribution in [-0.2, 0) is 20.2 Å². The van der Waals surface area contributed by atoms with E-state index < -0.39 is 10.0 Å². The highest BCUT2D eigenvalue weighted by Gasteiger charge is 2.32. The van der Waals surface area contributed by atoms with E-state index in [1.807, 2.05) is 12.1 Å². The van der Waals surface area contributed by atoms with Gasteiger partial charge in [0.25, 0.3) is 0 Å². The molecule has 1 fully saturated rings. The van der Waals surface area contributed by atoms with Crippen molar-refractivity contribution in [3.8, 4) is 11.5 Å². The second-order valence-corrected chi connectivity index (χ2v) is 11.2. The van der Waals surface area contributed by atoms with Gasteiger partial charge < -0.3 is 14.8 Å². The van der Waals surface area contributed by atoms with Crippen molar-refractivity contribution >= 4 is 21.6 Å². The first-order valence-electron chi connectivity index (χ1n) is 11.0. The molecule has 0 radical (unpaired) electrons. The van der Waals surface area contributed by atoms with Gasteiger partial charge in [-0.05, 0) is 48.1 Å². The second-order valence-electron chi connectivity index (χ2n) is 9.30. The Hall–Kier alpha value is -2.58. The summed E-state index contributed by atoms with van der Waals surface area (Å²) in [6, 6.07) is 12.4. The zero-order valence-electron chi connectivity index (χ0n) is 18.8. The highest BCUT2D eigenvalue weighted by molar-refractivity contribution is 7.89. The van der Waals surface area contributed by atoms with Crippen LogP contribution in [0.4, 0.5) is 5.69 Å². The normalized spacial score (nSPS) is 17.7. The summed E-state index contributed by atoms with van der Waals surface area (Å²) in [5, 5.41) is 2.92. The highest BCUT2D eigenvalue weighted by atomic mass is 32.2. The minimum Gasteiger partial charge on any atom is -0.486 e. The van der Waals surface area contributed by atoms with E-state index in [1.54, 1.807) is 30.3 Å². The van der Waals surface area contributed by atoms with E-state index in [0.29, 0.717) is 61.2 Å². The van der Waals surface area contributed by atoms with Gasteiger partial charge in [-0.2, -0.15) is 4.31 Å². The molecule has 1 saturated heterocycles. The van der Waals surface area contributed by atoms with Crippen LogP contribution < -0.4 is 14.8 Å². The SMILES string of the molecule is CC(C)(C)c1ccc(S(=O)(=O)N2CCC(C(=O)Nc3ccc4c(c3)OCCO4)CC2)cc1. The molecule has 2 aliphatic heterocycles. The molecule has 2 aliphatic rings. The van der Waals surface area contributed by atoms with Crippen molar-refractivity contribution in [3.63, 3.8) is 0 Å². The molecule has 0 saturated carbocycles. The lowest BCUT2D eigenvalue weighted by Crippen LogP contribution is -2.41. The van der Waals surface area contributed by atoms with Crippen molar-refractivity contribution in [2.45, 2.75) is 43.9 Å². The van der Waals surface area contributed by atoms with E-state index in [0.717, 1.165) is 5.56 Å². The molecule has 0 bridgehead atoms. The minimum atomic E-state index is -3.57. The number of ether oxygens (including phenoxy) is 2. The number of fused-ring (bicyclic) bond motifs is 1. The van der Waals surface area contributed by atoms with E-state index in [2.05, 4.69) is 26.1 Å². The van der Waals surface area contributed by atoms with Crippen molar-refractivity contribution in [3.05, 3.63) is 48.0 Å². The van der Waals surface area contributed by atoms with Crippen molar-refractivity contribution in [1.29, 1.82) is 0 Å². The third-order valence-corrected chi connectivity index (χ3v) is 7.91. The first-order chi connectivity index (χ1) is 15.1. The summed E-state index contributed by atoms with van der Waals surface area (Å²) in [5.74, 6) is 0.946. The molecule has 7 nitrogen and oxygen atoms in total. The van der Waals surface area contributed by atoms with Crippen LogP contribution in [0.25, 0.3) is 0 Å². The third-order valence-electron chi connectivity index (χ3n) is 5.99. The predicted octanol–water partition coefficient (Wildman–Crippen LogP) is 3.79. The van der Waals surface area contributed by atoms with Crippen LogP contribution in [-0.4, -0.2) is 44.9 Å². The molecule has 172 valence electrons. The molecule has 2 aromatic carbocycles. The first-order valence-corrected chi connectivity index (χ1v) is 12.4. The smallest absolute Gasteiger partial charge is 0.243 e. The van der Waals surface area contributed by atoms with Gasteiger partial charge in [-0.3, -0.25) is 4.79 Å². The Morgan fingerprint density at radius 2 is 1.59 bits per heavy atom. The number of carbonyl (C=O) groups is 1. The number of carbonyl (C=O) groups excluding carboxylic acids is 1. The highest BCUT2D eigenvalue weighted by Crippen LogP contribution is 2.33. The average molecular weight is 459 g/mol. The fourth-order valence-electron chi connectivity index (χ4n) is 4.00. The van der Waals surface area contributed by atoms with E-state index >= 15 is 0 Å². The Balaban J connectivity index is 1.36. The van der Waals surface area contributed by atoms with Gasteiger partial charge in [0.2, 0.25) is 15.9 Å². The maximum absolute atomic E-state index is 13.1. The lowest BCUT2D eigenvalue weighted by Gasteiger charge is -2.30. The molecular weight excluding hydrogens is 428 g/mol. The van der Waals surface area contributed by atoms with Crippen LogP contribution in [0.1, 0.15) is 39.2 Å². The molecule has 32 heavy (non-hydrogen) atoms. The molecule has 8 heteroatoms. The summed E-state index contributed by atoms with van der Waals surface area (Å²) in [6.07, 6.45) is 0.964. The van der Waals surface area contributed by atoms with Gasteiger partial charge in [0.05, 0.1) is 4.90 Å². The van der Waals surface area contributed by atoms with Gasteiger partial charge in [0.15, 0.2) is 11.5 Å². The number of hydrogen-bond acceptors (Lipinski definition) is 5. The molecule has 0 atom stereocenters. The summed E-state index contributed by atoms with van der Waals surface area (Å²) in [6.45, 7) is 7.92. The number of amides is 1. The Morgan fingerprint density at radius 3 is 2.22 bits per heavy atom. The van der Waals surface area contributed by atoms with E-state index in [1.165, 1.54) is 4.31 Å². The van der Waals surface area contributed by atoms with Gasteiger partial charge in [0.1, 0.15) is 13.2 Å². The minimum absolute atomic E-state index is 0.0365. The molecule has 4 rings (SSSR count). The van der Waals surface area contributed by atoms with Gasteiger partial charge in [-0.1, -0.05) is 32.9 Å². The number of nitrogens with zero attached hydrogens (tertiary/aromatic N) is 1. The lowest BCUT2D eigenvalue weighted by molar-refractivity contribution is -0.120. The number of anilines is 1. The molecule has 0 spiro atoms. The third kappa shape index (κ3) is 4.76. The molecule has 2 heterocycles. The molecule has 0 unspecified atom stereocenters. The molecule has 0 aromatic heterocycles. The molecule has 1 amide bonds. The van der Waals surface area contributed by atoms with Crippen molar-refractivity contribution in [2.75, 3.05) is 31.6 Å². The van der Waals surface area contributed by atoms with Crippen molar-refractivity contribution in [1.82, 2.24) is 4.31 Å². The average Bonchev–Trinajstić information content (AvgIpc) is 2.78. The summed E-state index contributed by atoms with van der Waals surface area (Å²) < 4.78 is 38.6. The summed E-state index contributed by atoms with van der Waals surface area (Å²) >= 11 is 0. The number of piperidine rings is 1. The van der Waals surface area contributed by atoms with Gasteiger partial charge in [0, 0.05) is 30.8 Å². The maximum Gasteiger partial charge on any atom is 0.243 e. The monoisotopic (exact) mass is 458 g/mol. The lowest BCUT2D eigenvalue weighted by atomic mass is 9.87. The fraction of sp³-hybridized carbons (Fsp3) is 0.458. The topological polar surface area (TPSA) is 84.9 Å². The Kier molecular flexibility index (Phi) is 6.18. The van der Waals surface area contributed by atoms with Crippen molar-refractivity contribution in [2.24, 2.45) is 5.92 Å². The van der Waals surface area contributed by atoms with Crippen LogP contribution >= 0.6 is 0 Å². The van der Waals surface area contributed by atoms with Crippen LogP contribution in [0.2, 0.25) is 0 Å². The number of rotatable bonds is 4. The number of hydrogen-bond donors (Lipinski definition) is 1. The quantitative estimate of drug-likeness (QED) is 0.753. The molecular formula is C24H30N2O5S. The predicted molar refractivity (Wildman–Crippen MR) is 123 cm³/mol. The van der Waals surface area contributed by atoms with Crippen LogP contribution in [0.15, 0.2) is 47.4 Å². The van der Waals surface area contributed by atoms with Gasteiger partial charge in [-0.25, -0.2) is 8.42 Å². The van der Waals surface area contributed by atoms with Gasteiger partial charge >= 0.3 is 0 Å². The molecule has 1 N–H and O–H groups in total. The van der Waals surface area contributed by atoms with Crippen LogP contribution in [0, 0.1) is 5.92 Å². The van der Waals surface area contributed by atoms with Crippen molar-refractivity contribution < 1.29 is 22.7 Å². The first kappa shape index (κ1) is 22.6. The molecule has 0 aliphatic carbocycles. The Bertz CT molecular complexity index is 1080. The number of nitrogens with one attached hydrogen (secondary N) is 1. The van der Waals surface area contributed by atoms with Crippen LogP contribution in [0.3, 0.4) is 0 Å². The maximum atomic E-state index is 13.1.